The number of aliphatic hydroxyl groups is 1. The van der Waals surface area contributed by atoms with Gasteiger partial charge in [0, 0.05) is 14.1 Å². The van der Waals surface area contributed by atoms with Gasteiger partial charge in [-0.3, -0.25) is 9.48 Å². The Kier molecular flexibility index (Phi) is 4.80. The topological polar surface area (TPSA) is 58.4 Å². The number of nitrogens with zero attached hydrogens (tertiary/aromatic N) is 3. The minimum absolute atomic E-state index is 0.00329. The van der Waals surface area contributed by atoms with Crippen molar-refractivity contribution in [2.75, 3.05) is 20.7 Å². The smallest absolute Gasteiger partial charge is 0.263 e. The van der Waals surface area contributed by atoms with Crippen LogP contribution in [0.3, 0.4) is 0 Å². The summed E-state index contributed by atoms with van der Waals surface area (Å²) in [6, 6.07) is 5.82. The van der Waals surface area contributed by atoms with Crippen LogP contribution in [-0.4, -0.2) is 46.4 Å². The summed E-state index contributed by atoms with van der Waals surface area (Å²) >= 11 is 1.45. The molecule has 0 unspecified atom stereocenters. The third-order valence-corrected chi connectivity index (χ3v) is 4.27. The molecule has 0 saturated carbocycles. The van der Waals surface area contributed by atoms with Gasteiger partial charge in [0.15, 0.2) is 0 Å². The lowest BCUT2D eigenvalue weighted by Gasteiger charge is -2.07. The SMILES string of the molecule is CC(C)c1cc(-c2ccc(C(=O)N(C)C)s2)n(CCO)n1. The van der Waals surface area contributed by atoms with Crippen molar-refractivity contribution in [3.8, 4) is 10.6 Å². The maximum absolute atomic E-state index is 12.0. The van der Waals surface area contributed by atoms with Gasteiger partial charge in [-0.2, -0.15) is 5.10 Å². The molecule has 0 aliphatic carbocycles. The maximum Gasteiger partial charge on any atom is 0.263 e. The highest BCUT2D eigenvalue weighted by Gasteiger charge is 2.16. The van der Waals surface area contributed by atoms with Gasteiger partial charge in [0.25, 0.3) is 5.91 Å². The van der Waals surface area contributed by atoms with E-state index < -0.39 is 0 Å². The Morgan fingerprint density at radius 2 is 2.14 bits per heavy atom. The molecule has 2 aromatic rings. The normalized spacial score (nSPS) is 11.1. The van der Waals surface area contributed by atoms with Gasteiger partial charge in [-0.25, -0.2) is 0 Å². The fourth-order valence-corrected chi connectivity index (χ4v) is 3.04. The summed E-state index contributed by atoms with van der Waals surface area (Å²) in [5.41, 5.74) is 1.95. The fraction of sp³-hybridized carbons (Fsp3) is 0.467. The molecule has 0 aliphatic rings. The molecule has 0 spiro atoms. The molecule has 2 rings (SSSR count). The molecule has 0 aliphatic heterocycles. The second-order valence-electron chi connectivity index (χ2n) is 5.42. The maximum atomic E-state index is 12.0. The Morgan fingerprint density at radius 1 is 1.43 bits per heavy atom. The number of aliphatic hydroxyl groups excluding tert-OH is 1. The molecular formula is C15H21N3O2S. The summed E-state index contributed by atoms with van der Waals surface area (Å²) in [6.45, 7) is 4.67. The monoisotopic (exact) mass is 307 g/mol. The van der Waals surface area contributed by atoms with Crippen LogP contribution >= 0.6 is 11.3 Å². The number of thiophene rings is 1. The lowest BCUT2D eigenvalue weighted by molar-refractivity contribution is 0.0832. The molecule has 1 amide bonds. The standard InChI is InChI=1S/C15H21N3O2S/c1-10(2)11-9-12(18(16-11)7-8-19)13-5-6-14(21-13)15(20)17(3)4/h5-6,9-10,19H,7-8H2,1-4H3. The van der Waals surface area contributed by atoms with E-state index in [1.54, 1.807) is 19.0 Å². The van der Waals surface area contributed by atoms with Crippen molar-refractivity contribution in [2.24, 2.45) is 0 Å². The van der Waals surface area contributed by atoms with Crippen molar-refractivity contribution in [2.45, 2.75) is 26.3 Å². The molecule has 0 radical (unpaired) electrons. The minimum Gasteiger partial charge on any atom is -0.394 e. The van der Waals surface area contributed by atoms with Crippen LogP contribution in [0, 0.1) is 0 Å². The average Bonchev–Trinajstić information content (AvgIpc) is 3.04. The van der Waals surface area contributed by atoms with Gasteiger partial charge >= 0.3 is 0 Å². The first-order chi connectivity index (χ1) is 9.93. The highest BCUT2D eigenvalue weighted by atomic mass is 32.1. The summed E-state index contributed by atoms with van der Waals surface area (Å²) in [5, 5.41) is 13.7. The van der Waals surface area contributed by atoms with Gasteiger partial charge in [-0.05, 0) is 24.1 Å². The van der Waals surface area contributed by atoms with E-state index in [9.17, 15) is 9.90 Å². The lowest BCUT2D eigenvalue weighted by atomic mass is 10.1. The fourth-order valence-electron chi connectivity index (χ4n) is 1.99. The minimum atomic E-state index is 0.00329. The molecule has 0 saturated heterocycles. The van der Waals surface area contributed by atoms with Crippen LogP contribution in [0.5, 0.6) is 0 Å². The van der Waals surface area contributed by atoms with E-state index in [0.29, 0.717) is 17.3 Å². The van der Waals surface area contributed by atoms with Crippen molar-refractivity contribution in [1.29, 1.82) is 0 Å². The summed E-state index contributed by atoms with van der Waals surface area (Å²) in [5.74, 6) is 0.329. The third kappa shape index (κ3) is 3.33. The van der Waals surface area contributed by atoms with Crippen LogP contribution in [-0.2, 0) is 6.54 Å². The van der Waals surface area contributed by atoms with Crippen LogP contribution in [0.2, 0.25) is 0 Å². The molecule has 0 atom stereocenters. The Morgan fingerprint density at radius 3 is 2.71 bits per heavy atom. The first kappa shape index (κ1) is 15.7. The van der Waals surface area contributed by atoms with Crippen molar-refractivity contribution < 1.29 is 9.90 Å². The van der Waals surface area contributed by atoms with Crippen LogP contribution in [0.4, 0.5) is 0 Å². The molecule has 0 fully saturated rings. The summed E-state index contributed by atoms with van der Waals surface area (Å²) in [7, 11) is 3.49. The van der Waals surface area contributed by atoms with Gasteiger partial charge in [-0.15, -0.1) is 11.3 Å². The molecule has 2 heterocycles. The predicted molar refractivity (Wildman–Crippen MR) is 84.7 cm³/mol. The largest absolute Gasteiger partial charge is 0.394 e. The number of aromatic nitrogens is 2. The van der Waals surface area contributed by atoms with Gasteiger partial charge in [0.05, 0.1) is 34.3 Å². The van der Waals surface area contributed by atoms with Crippen LogP contribution < -0.4 is 0 Å². The third-order valence-electron chi connectivity index (χ3n) is 3.18. The highest BCUT2D eigenvalue weighted by molar-refractivity contribution is 7.17. The van der Waals surface area contributed by atoms with Gasteiger partial charge in [-0.1, -0.05) is 13.8 Å². The van der Waals surface area contributed by atoms with E-state index in [1.807, 2.05) is 22.9 Å². The van der Waals surface area contributed by atoms with E-state index in [2.05, 4.69) is 18.9 Å². The van der Waals surface area contributed by atoms with Crippen LogP contribution in [0.15, 0.2) is 18.2 Å². The first-order valence-electron chi connectivity index (χ1n) is 6.94. The Bertz CT molecular complexity index is 629. The summed E-state index contributed by atoms with van der Waals surface area (Å²) in [4.78, 5) is 15.3. The number of rotatable bonds is 5. The zero-order chi connectivity index (χ0) is 15.6. The molecule has 5 nitrogen and oxygen atoms in total. The van der Waals surface area contributed by atoms with Gasteiger partial charge in [0.2, 0.25) is 0 Å². The predicted octanol–water partition coefficient (Wildman–Crippen LogP) is 2.43. The van der Waals surface area contributed by atoms with E-state index in [0.717, 1.165) is 16.3 Å². The quantitative estimate of drug-likeness (QED) is 0.923. The molecule has 6 heteroatoms. The summed E-state index contributed by atoms with van der Waals surface area (Å²) in [6.07, 6.45) is 0. The zero-order valence-electron chi connectivity index (χ0n) is 12.8. The number of amides is 1. The Labute approximate surface area is 128 Å². The van der Waals surface area contributed by atoms with E-state index in [4.69, 9.17) is 0 Å². The molecule has 2 aromatic heterocycles. The van der Waals surface area contributed by atoms with E-state index in [-0.39, 0.29) is 12.5 Å². The lowest BCUT2D eigenvalue weighted by Crippen LogP contribution is -2.20. The molecule has 21 heavy (non-hydrogen) atoms. The summed E-state index contributed by atoms with van der Waals surface area (Å²) < 4.78 is 1.81. The molecule has 0 aromatic carbocycles. The van der Waals surface area contributed by atoms with E-state index >= 15 is 0 Å². The first-order valence-corrected chi connectivity index (χ1v) is 7.76. The van der Waals surface area contributed by atoms with Gasteiger partial charge < -0.3 is 10.0 Å². The average molecular weight is 307 g/mol. The molecule has 0 bridgehead atoms. The number of hydrogen-bond acceptors (Lipinski definition) is 4. The highest BCUT2D eigenvalue weighted by Crippen LogP contribution is 2.30. The number of hydrogen-bond donors (Lipinski definition) is 1. The van der Waals surface area contributed by atoms with Crippen molar-refractivity contribution in [3.05, 3.63) is 28.8 Å². The Hall–Kier alpha value is -1.66. The number of carbonyl (C=O) groups excluding carboxylic acids is 1. The number of carbonyl (C=O) groups is 1. The molecule has 1 N–H and O–H groups in total. The van der Waals surface area contributed by atoms with E-state index in [1.165, 1.54) is 11.3 Å². The van der Waals surface area contributed by atoms with Crippen molar-refractivity contribution in [3.63, 3.8) is 0 Å². The van der Waals surface area contributed by atoms with Gasteiger partial charge in [0.1, 0.15) is 0 Å². The Balaban J connectivity index is 2.39. The van der Waals surface area contributed by atoms with Crippen molar-refractivity contribution in [1.82, 2.24) is 14.7 Å². The molecular weight excluding hydrogens is 286 g/mol. The zero-order valence-corrected chi connectivity index (χ0v) is 13.6. The second-order valence-corrected chi connectivity index (χ2v) is 6.50. The van der Waals surface area contributed by atoms with Crippen LogP contribution in [0.25, 0.3) is 10.6 Å². The van der Waals surface area contributed by atoms with Crippen molar-refractivity contribution >= 4 is 17.2 Å². The molecule has 114 valence electrons. The van der Waals surface area contributed by atoms with Crippen LogP contribution in [0.1, 0.15) is 35.1 Å². The second kappa shape index (κ2) is 6.41.